The number of nitrogens with one attached hydrogen (secondary N) is 1. The first kappa shape index (κ1) is 12.5. The fourth-order valence-corrected chi connectivity index (χ4v) is 1.16. The van der Waals surface area contributed by atoms with Crippen molar-refractivity contribution in [3.8, 4) is 5.88 Å². The van der Waals surface area contributed by atoms with E-state index < -0.39 is 24.4 Å². The predicted molar refractivity (Wildman–Crippen MR) is 47.6 cm³/mol. The van der Waals surface area contributed by atoms with Gasteiger partial charge in [-0.2, -0.15) is 0 Å². The van der Waals surface area contributed by atoms with E-state index in [1.165, 1.54) is 0 Å². The summed E-state index contributed by atoms with van der Waals surface area (Å²) in [5.74, 6) is -0.779. The first-order valence-electron chi connectivity index (χ1n) is 4.19. The van der Waals surface area contributed by atoms with Gasteiger partial charge in [-0.25, -0.2) is 0 Å². The van der Waals surface area contributed by atoms with E-state index in [2.05, 4.69) is 4.74 Å². The first-order valence-corrected chi connectivity index (χ1v) is 4.19. The normalized spacial score (nSPS) is 11.6. The number of aliphatic hydroxyl groups is 1. The number of ether oxygens (including phenoxy) is 1. The van der Waals surface area contributed by atoms with Gasteiger partial charge in [0.1, 0.15) is 0 Å². The van der Waals surface area contributed by atoms with Gasteiger partial charge in [-0.15, -0.1) is 13.2 Å². The summed E-state index contributed by atoms with van der Waals surface area (Å²) in [4.78, 5) is 13.1. The topological polar surface area (TPSA) is 88.3 Å². The fourth-order valence-electron chi connectivity index (χ4n) is 1.16. The molecule has 0 saturated heterocycles. The van der Waals surface area contributed by atoms with Gasteiger partial charge >= 0.3 is 6.36 Å². The van der Waals surface area contributed by atoms with Gasteiger partial charge in [-0.3, -0.25) is 9.78 Å². The van der Waals surface area contributed by atoms with Crippen LogP contribution in [0, 0.1) is 0 Å². The van der Waals surface area contributed by atoms with Crippen molar-refractivity contribution in [3.05, 3.63) is 27.5 Å². The minimum atomic E-state index is -4.90. The fraction of sp³-hybridized carbons (Fsp3) is 0.375. The van der Waals surface area contributed by atoms with E-state index in [1.54, 1.807) is 0 Å². The Balaban J connectivity index is 3.16. The van der Waals surface area contributed by atoms with Crippen molar-refractivity contribution < 1.29 is 23.0 Å². The highest BCUT2D eigenvalue weighted by Crippen LogP contribution is 2.21. The molecule has 5 nitrogen and oxygen atoms in total. The van der Waals surface area contributed by atoms with Crippen LogP contribution >= 0.6 is 0 Å². The molecule has 90 valence electrons. The van der Waals surface area contributed by atoms with Gasteiger partial charge in [0.05, 0.1) is 6.61 Å². The summed E-state index contributed by atoms with van der Waals surface area (Å²) in [5, 5.41) is 8.85. The van der Waals surface area contributed by atoms with Gasteiger partial charge in [0.15, 0.2) is 0 Å². The Labute approximate surface area is 87.7 Å². The van der Waals surface area contributed by atoms with Crippen molar-refractivity contribution in [1.29, 1.82) is 0 Å². The molecule has 0 aliphatic carbocycles. The molecular formula is C8H9F3N2O3. The largest absolute Gasteiger partial charge is 0.574 e. The van der Waals surface area contributed by atoms with Crippen molar-refractivity contribution >= 4 is 0 Å². The zero-order chi connectivity index (χ0) is 12.3. The molecule has 0 spiro atoms. The second-order valence-electron chi connectivity index (χ2n) is 2.88. The molecule has 0 unspecified atom stereocenters. The number of hydrogen-bond acceptors (Lipinski definition) is 4. The molecule has 0 bridgehead atoms. The van der Waals surface area contributed by atoms with Crippen LogP contribution in [0.15, 0.2) is 10.9 Å². The quantitative estimate of drug-likeness (QED) is 0.703. The Kier molecular flexibility index (Phi) is 3.55. The number of rotatable bonds is 3. The van der Waals surface area contributed by atoms with Gasteiger partial charge in [0.25, 0.3) is 5.56 Å². The Morgan fingerprint density at radius 3 is 2.56 bits per heavy atom. The number of alkyl halides is 3. The van der Waals surface area contributed by atoms with Crippen LogP contribution in [-0.4, -0.2) is 16.5 Å². The molecule has 0 fully saturated rings. The molecule has 0 aliphatic heterocycles. The standard InChI is InChI=1S/C8H9F3N2O3/c9-8(10,11)16-6-1-4(3-14)5(2-12)7(15)13-6/h1,14H,2-3,12H2,(H,13,15). The lowest BCUT2D eigenvalue weighted by atomic mass is 10.1. The zero-order valence-corrected chi connectivity index (χ0v) is 7.97. The SMILES string of the molecule is NCc1c(CO)cc(OC(F)(F)F)[nH]c1=O. The van der Waals surface area contributed by atoms with Crippen LogP contribution in [-0.2, 0) is 13.2 Å². The average Bonchev–Trinajstić information content (AvgIpc) is 2.14. The highest BCUT2D eigenvalue weighted by molar-refractivity contribution is 5.28. The average molecular weight is 238 g/mol. The maximum absolute atomic E-state index is 11.9. The molecule has 0 radical (unpaired) electrons. The number of aromatic amines is 1. The number of H-pyrrole nitrogens is 1. The van der Waals surface area contributed by atoms with Gasteiger partial charge in [-0.1, -0.05) is 0 Å². The van der Waals surface area contributed by atoms with E-state index >= 15 is 0 Å². The minimum absolute atomic E-state index is 0.00509. The predicted octanol–water partition coefficient (Wildman–Crippen LogP) is 0.225. The Bertz CT molecular complexity index is 428. The van der Waals surface area contributed by atoms with Crippen LogP contribution in [0.3, 0.4) is 0 Å². The van der Waals surface area contributed by atoms with E-state index in [0.717, 1.165) is 6.07 Å². The molecule has 1 heterocycles. The summed E-state index contributed by atoms with van der Waals surface area (Å²) in [6.45, 7) is -0.776. The Hall–Kier alpha value is -1.54. The summed E-state index contributed by atoms with van der Waals surface area (Å²) in [7, 11) is 0. The summed E-state index contributed by atoms with van der Waals surface area (Å²) in [5.41, 5.74) is 4.43. The van der Waals surface area contributed by atoms with Gasteiger partial charge in [0, 0.05) is 18.2 Å². The second kappa shape index (κ2) is 4.54. The van der Waals surface area contributed by atoms with Gasteiger partial charge < -0.3 is 15.6 Å². The third-order valence-electron chi connectivity index (χ3n) is 1.80. The van der Waals surface area contributed by atoms with Crippen molar-refractivity contribution in [2.45, 2.75) is 19.5 Å². The Morgan fingerprint density at radius 2 is 2.12 bits per heavy atom. The van der Waals surface area contributed by atoms with Crippen LogP contribution in [0.25, 0.3) is 0 Å². The Morgan fingerprint density at radius 1 is 1.50 bits per heavy atom. The highest BCUT2D eigenvalue weighted by atomic mass is 19.4. The molecule has 0 aliphatic rings. The molecule has 4 N–H and O–H groups in total. The first-order chi connectivity index (χ1) is 7.37. The molecule has 16 heavy (non-hydrogen) atoms. The van der Waals surface area contributed by atoms with Crippen molar-refractivity contribution in [2.24, 2.45) is 5.73 Å². The lowest BCUT2D eigenvalue weighted by Crippen LogP contribution is -2.24. The smallest absolute Gasteiger partial charge is 0.392 e. The lowest BCUT2D eigenvalue weighted by Gasteiger charge is -2.10. The molecular weight excluding hydrogens is 229 g/mol. The third kappa shape index (κ3) is 2.97. The minimum Gasteiger partial charge on any atom is -0.392 e. The second-order valence-corrected chi connectivity index (χ2v) is 2.88. The molecule has 0 amide bonds. The molecule has 1 aromatic heterocycles. The number of aliphatic hydroxyl groups excluding tert-OH is 1. The number of nitrogens with two attached hydrogens (primary N) is 1. The summed E-state index contributed by atoms with van der Waals surface area (Å²) in [6.07, 6.45) is -4.90. The summed E-state index contributed by atoms with van der Waals surface area (Å²) < 4.78 is 39.1. The molecule has 0 atom stereocenters. The molecule has 0 saturated carbocycles. The maximum atomic E-state index is 11.9. The molecule has 0 aromatic carbocycles. The van der Waals surface area contributed by atoms with Gasteiger partial charge in [-0.05, 0) is 5.56 Å². The van der Waals surface area contributed by atoms with E-state index in [9.17, 15) is 18.0 Å². The molecule has 1 rings (SSSR count). The van der Waals surface area contributed by atoms with E-state index in [-0.39, 0.29) is 17.7 Å². The van der Waals surface area contributed by atoms with Crippen LogP contribution in [0.5, 0.6) is 5.88 Å². The number of aromatic nitrogens is 1. The highest BCUT2D eigenvalue weighted by Gasteiger charge is 2.31. The van der Waals surface area contributed by atoms with Crippen LogP contribution in [0.1, 0.15) is 11.1 Å². The van der Waals surface area contributed by atoms with E-state index in [4.69, 9.17) is 10.8 Å². The number of hydrogen-bond donors (Lipinski definition) is 3. The van der Waals surface area contributed by atoms with E-state index in [0.29, 0.717) is 0 Å². The van der Waals surface area contributed by atoms with Gasteiger partial charge in [0.2, 0.25) is 5.88 Å². The zero-order valence-electron chi connectivity index (χ0n) is 7.97. The van der Waals surface area contributed by atoms with E-state index in [1.807, 2.05) is 4.98 Å². The number of halogens is 3. The monoisotopic (exact) mass is 238 g/mol. The summed E-state index contributed by atoms with van der Waals surface area (Å²) >= 11 is 0. The van der Waals surface area contributed by atoms with Crippen LogP contribution in [0.2, 0.25) is 0 Å². The maximum Gasteiger partial charge on any atom is 0.574 e. The molecule has 1 aromatic rings. The van der Waals surface area contributed by atoms with Crippen molar-refractivity contribution in [2.75, 3.05) is 0 Å². The van der Waals surface area contributed by atoms with Crippen LogP contribution in [0.4, 0.5) is 13.2 Å². The van der Waals surface area contributed by atoms with Crippen molar-refractivity contribution in [3.63, 3.8) is 0 Å². The third-order valence-corrected chi connectivity index (χ3v) is 1.80. The van der Waals surface area contributed by atoms with Crippen LogP contribution < -0.4 is 16.0 Å². The lowest BCUT2D eigenvalue weighted by molar-refractivity contribution is -0.276. The number of pyridine rings is 1. The summed E-state index contributed by atoms with van der Waals surface area (Å²) in [6, 6.07) is 0.886. The molecule has 8 heteroatoms. The van der Waals surface area contributed by atoms with Crippen molar-refractivity contribution in [1.82, 2.24) is 4.98 Å².